The van der Waals surface area contributed by atoms with Gasteiger partial charge in [0.1, 0.15) is 5.52 Å². The topological polar surface area (TPSA) is 41.7 Å². The van der Waals surface area contributed by atoms with Crippen molar-refractivity contribution in [1.29, 1.82) is 0 Å². The lowest BCUT2D eigenvalue weighted by Crippen LogP contribution is -2.46. The van der Waals surface area contributed by atoms with Gasteiger partial charge in [0.2, 0.25) is 5.89 Å². The van der Waals surface area contributed by atoms with Crippen LogP contribution in [0.3, 0.4) is 0 Å². The molecule has 1 atom stereocenters. The highest BCUT2D eigenvalue weighted by molar-refractivity contribution is 5.72. The van der Waals surface area contributed by atoms with E-state index in [2.05, 4.69) is 28.9 Å². The third-order valence-corrected chi connectivity index (χ3v) is 3.49. The summed E-state index contributed by atoms with van der Waals surface area (Å²) < 4.78 is 11.6. The number of nitrogens with zero attached hydrogens (tertiary/aromatic N) is 3. The summed E-state index contributed by atoms with van der Waals surface area (Å²) in [5, 5.41) is 0. The standard InChI is InChI=1S/C15H21N3O2/c1-17(2)9-12-10-18(7-8-19-12)11-15-16-13-5-3-4-6-14(13)20-15/h3-6,12H,7-11H2,1-2H3/t12-/m0/s1. The Morgan fingerprint density at radius 1 is 1.35 bits per heavy atom. The van der Waals surface area contributed by atoms with E-state index in [4.69, 9.17) is 9.15 Å². The number of likely N-dealkylation sites (N-methyl/N-ethyl adjacent to an activating group) is 1. The van der Waals surface area contributed by atoms with Gasteiger partial charge >= 0.3 is 0 Å². The first-order chi connectivity index (χ1) is 9.70. The van der Waals surface area contributed by atoms with E-state index in [0.717, 1.165) is 49.8 Å². The molecule has 0 amide bonds. The molecule has 1 aliphatic heterocycles. The Labute approximate surface area is 119 Å². The van der Waals surface area contributed by atoms with Gasteiger partial charge in [-0.2, -0.15) is 0 Å². The maximum Gasteiger partial charge on any atom is 0.209 e. The molecule has 0 aliphatic carbocycles. The Bertz CT molecular complexity index is 534. The zero-order valence-electron chi connectivity index (χ0n) is 12.1. The third kappa shape index (κ3) is 3.17. The number of hydrogen-bond acceptors (Lipinski definition) is 5. The molecule has 0 saturated carbocycles. The van der Waals surface area contributed by atoms with E-state index < -0.39 is 0 Å². The molecular weight excluding hydrogens is 254 g/mol. The summed E-state index contributed by atoms with van der Waals surface area (Å²) in [6.07, 6.45) is 0.267. The van der Waals surface area contributed by atoms with Crippen LogP contribution >= 0.6 is 0 Å². The maximum absolute atomic E-state index is 5.78. The Kier molecular flexibility index (Phi) is 4.00. The van der Waals surface area contributed by atoms with Gasteiger partial charge in [0, 0.05) is 19.6 Å². The van der Waals surface area contributed by atoms with Gasteiger partial charge in [-0.05, 0) is 26.2 Å². The first-order valence-electron chi connectivity index (χ1n) is 7.04. The molecule has 5 heteroatoms. The van der Waals surface area contributed by atoms with Crippen LogP contribution in [0.1, 0.15) is 5.89 Å². The van der Waals surface area contributed by atoms with Gasteiger partial charge in [0.05, 0.1) is 19.3 Å². The van der Waals surface area contributed by atoms with Crippen LogP contribution in [0, 0.1) is 0 Å². The molecule has 0 spiro atoms. The van der Waals surface area contributed by atoms with Gasteiger partial charge in [-0.3, -0.25) is 4.90 Å². The first-order valence-corrected chi connectivity index (χ1v) is 7.04. The Hall–Kier alpha value is -1.43. The first kappa shape index (κ1) is 13.5. The molecule has 0 N–H and O–H groups in total. The van der Waals surface area contributed by atoms with E-state index in [9.17, 15) is 0 Å². The molecule has 20 heavy (non-hydrogen) atoms. The highest BCUT2D eigenvalue weighted by Crippen LogP contribution is 2.17. The normalized spacial score (nSPS) is 20.9. The van der Waals surface area contributed by atoms with Crippen molar-refractivity contribution in [3.63, 3.8) is 0 Å². The summed E-state index contributed by atoms with van der Waals surface area (Å²) in [5.41, 5.74) is 1.79. The van der Waals surface area contributed by atoms with Crippen molar-refractivity contribution < 1.29 is 9.15 Å². The zero-order chi connectivity index (χ0) is 13.9. The van der Waals surface area contributed by atoms with Crippen LogP contribution in [0.15, 0.2) is 28.7 Å². The molecule has 1 fully saturated rings. The van der Waals surface area contributed by atoms with Crippen LogP contribution in [0.2, 0.25) is 0 Å². The van der Waals surface area contributed by atoms with Crippen LogP contribution in [0.5, 0.6) is 0 Å². The number of benzene rings is 1. The monoisotopic (exact) mass is 275 g/mol. The highest BCUT2D eigenvalue weighted by Gasteiger charge is 2.22. The SMILES string of the molecule is CN(C)C[C@H]1CN(Cc2nc3ccccc3o2)CCO1. The molecule has 0 bridgehead atoms. The minimum absolute atomic E-state index is 0.267. The lowest BCUT2D eigenvalue weighted by Gasteiger charge is -2.33. The summed E-state index contributed by atoms with van der Waals surface area (Å²) in [4.78, 5) is 9.04. The molecule has 3 rings (SSSR count). The fourth-order valence-corrected chi connectivity index (χ4v) is 2.62. The number of morpholine rings is 1. The quantitative estimate of drug-likeness (QED) is 0.847. The van der Waals surface area contributed by atoms with Crippen LogP contribution < -0.4 is 0 Å². The fraction of sp³-hybridized carbons (Fsp3) is 0.533. The third-order valence-electron chi connectivity index (χ3n) is 3.49. The van der Waals surface area contributed by atoms with E-state index >= 15 is 0 Å². The van der Waals surface area contributed by atoms with Crippen LogP contribution in [0.4, 0.5) is 0 Å². The predicted molar refractivity (Wildman–Crippen MR) is 77.6 cm³/mol. The number of ether oxygens (including phenoxy) is 1. The number of aromatic nitrogens is 1. The number of oxazole rings is 1. The molecule has 1 saturated heterocycles. The van der Waals surface area contributed by atoms with Crippen molar-refractivity contribution >= 4 is 11.1 Å². The van der Waals surface area contributed by atoms with Gasteiger partial charge in [-0.1, -0.05) is 12.1 Å². The molecule has 2 aromatic rings. The van der Waals surface area contributed by atoms with Gasteiger partial charge < -0.3 is 14.1 Å². The molecule has 0 unspecified atom stereocenters. The number of hydrogen-bond donors (Lipinski definition) is 0. The largest absolute Gasteiger partial charge is 0.439 e. The fourth-order valence-electron chi connectivity index (χ4n) is 2.62. The highest BCUT2D eigenvalue weighted by atomic mass is 16.5. The molecule has 0 radical (unpaired) electrons. The second-order valence-electron chi connectivity index (χ2n) is 5.57. The van der Waals surface area contributed by atoms with E-state index in [-0.39, 0.29) is 6.10 Å². The van der Waals surface area contributed by atoms with Gasteiger partial charge in [0.25, 0.3) is 0 Å². The number of rotatable bonds is 4. The van der Waals surface area contributed by atoms with Gasteiger partial charge in [-0.25, -0.2) is 4.98 Å². The summed E-state index contributed by atoms with van der Waals surface area (Å²) >= 11 is 0. The Balaban J connectivity index is 1.64. The van der Waals surface area contributed by atoms with Crippen molar-refractivity contribution in [3.8, 4) is 0 Å². The minimum Gasteiger partial charge on any atom is -0.439 e. The van der Waals surface area contributed by atoms with Gasteiger partial charge in [0.15, 0.2) is 5.58 Å². The van der Waals surface area contributed by atoms with Crippen molar-refractivity contribution in [1.82, 2.24) is 14.8 Å². The van der Waals surface area contributed by atoms with E-state index in [1.807, 2.05) is 24.3 Å². The molecule has 1 aliphatic rings. The molecular formula is C15H21N3O2. The van der Waals surface area contributed by atoms with Crippen LogP contribution in [-0.2, 0) is 11.3 Å². The van der Waals surface area contributed by atoms with Crippen molar-refractivity contribution in [2.75, 3.05) is 40.3 Å². The van der Waals surface area contributed by atoms with E-state index in [1.165, 1.54) is 0 Å². The Morgan fingerprint density at radius 2 is 2.20 bits per heavy atom. The molecule has 1 aromatic heterocycles. The maximum atomic E-state index is 5.78. The summed E-state index contributed by atoms with van der Waals surface area (Å²) in [6.45, 7) is 4.34. The average Bonchev–Trinajstić information content (AvgIpc) is 2.80. The lowest BCUT2D eigenvalue weighted by atomic mass is 10.2. The summed E-state index contributed by atoms with van der Waals surface area (Å²) in [5.74, 6) is 0.789. The van der Waals surface area contributed by atoms with Crippen LogP contribution in [-0.4, -0.2) is 61.2 Å². The minimum atomic E-state index is 0.267. The Morgan fingerprint density at radius 3 is 3.00 bits per heavy atom. The molecule has 5 nitrogen and oxygen atoms in total. The summed E-state index contributed by atoms with van der Waals surface area (Å²) in [7, 11) is 4.15. The van der Waals surface area contributed by atoms with Crippen LogP contribution in [0.25, 0.3) is 11.1 Å². The second-order valence-corrected chi connectivity index (χ2v) is 5.57. The average molecular weight is 275 g/mol. The van der Waals surface area contributed by atoms with E-state index in [0.29, 0.717) is 0 Å². The van der Waals surface area contributed by atoms with E-state index in [1.54, 1.807) is 0 Å². The van der Waals surface area contributed by atoms with Crippen molar-refractivity contribution in [2.24, 2.45) is 0 Å². The number of fused-ring (bicyclic) bond motifs is 1. The lowest BCUT2D eigenvalue weighted by molar-refractivity contribution is -0.0425. The zero-order valence-corrected chi connectivity index (χ0v) is 12.1. The van der Waals surface area contributed by atoms with Gasteiger partial charge in [-0.15, -0.1) is 0 Å². The van der Waals surface area contributed by atoms with Crippen molar-refractivity contribution in [2.45, 2.75) is 12.6 Å². The molecule has 1 aromatic carbocycles. The molecule has 2 heterocycles. The molecule has 108 valence electrons. The second kappa shape index (κ2) is 5.91. The smallest absolute Gasteiger partial charge is 0.209 e. The summed E-state index contributed by atoms with van der Waals surface area (Å²) in [6, 6.07) is 7.89. The van der Waals surface area contributed by atoms with Crippen molar-refractivity contribution in [3.05, 3.63) is 30.2 Å². The number of para-hydroxylation sites is 2. The predicted octanol–water partition coefficient (Wildman–Crippen LogP) is 1.59.